The highest BCUT2D eigenvalue weighted by Gasteiger charge is 2.20. The molecule has 1 heterocycles. The fourth-order valence-electron chi connectivity index (χ4n) is 2.76. The molecular weight excluding hydrogens is 306 g/mol. The Bertz CT molecular complexity index is 499. The minimum atomic E-state index is -0.513. The SMILES string of the molecule is CCNC(=O)CN1CCN(CC(O)COc2ccc(C)cc2)CC1. The number of aliphatic hydroxyl groups is 1. The number of hydrogen-bond donors (Lipinski definition) is 2. The number of likely N-dealkylation sites (N-methyl/N-ethyl adjacent to an activating group) is 1. The van der Waals surface area contributed by atoms with Crippen molar-refractivity contribution in [1.29, 1.82) is 0 Å². The summed E-state index contributed by atoms with van der Waals surface area (Å²) in [6.07, 6.45) is -0.513. The molecule has 1 aromatic carbocycles. The fraction of sp³-hybridized carbons (Fsp3) is 0.611. The van der Waals surface area contributed by atoms with Gasteiger partial charge in [-0.1, -0.05) is 17.7 Å². The predicted molar refractivity (Wildman–Crippen MR) is 94.2 cm³/mol. The van der Waals surface area contributed by atoms with Gasteiger partial charge in [-0.15, -0.1) is 0 Å². The molecule has 2 rings (SSSR count). The second-order valence-electron chi connectivity index (χ2n) is 6.31. The van der Waals surface area contributed by atoms with Crippen LogP contribution in [0, 0.1) is 6.92 Å². The molecule has 0 bridgehead atoms. The lowest BCUT2D eigenvalue weighted by molar-refractivity contribution is -0.122. The second kappa shape index (κ2) is 9.61. The maximum atomic E-state index is 11.6. The number of amides is 1. The molecule has 6 heteroatoms. The van der Waals surface area contributed by atoms with Crippen molar-refractivity contribution < 1.29 is 14.6 Å². The van der Waals surface area contributed by atoms with E-state index in [1.54, 1.807) is 0 Å². The molecule has 6 nitrogen and oxygen atoms in total. The van der Waals surface area contributed by atoms with Crippen molar-refractivity contribution in [3.63, 3.8) is 0 Å². The van der Waals surface area contributed by atoms with Crippen molar-refractivity contribution in [1.82, 2.24) is 15.1 Å². The lowest BCUT2D eigenvalue weighted by Crippen LogP contribution is -2.51. The Balaban J connectivity index is 1.64. The lowest BCUT2D eigenvalue weighted by Gasteiger charge is -2.35. The van der Waals surface area contributed by atoms with Crippen LogP contribution in [0.2, 0.25) is 0 Å². The summed E-state index contributed by atoms with van der Waals surface area (Å²) in [7, 11) is 0. The minimum Gasteiger partial charge on any atom is -0.491 e. The van der Waals surface area contributed by atoms with Gasteiger partial charge in [-0.05, 0) is 26.0 Å². The Hall–Kier alpha value is -1.63. The summed E-state index contributed by atoms with van der Waals surface area (Å²) in [5.74, 6) is 0.865. The standard InChI is InChI=1S/C18H29N3O3/c1-3-19-18(23)13-21-10-8-20(9-11-21)12-16(22)14-24-17-6-4-15(2)5-7-17/h4-7,16,22H,3,8-14H2,1-2H3,(H,19,23). The zero-order chi connectivity index (χ0) is 17.4. The molecule has 1 unspecified atom stereocenters. The van der Waals surface area contributed by atoms with Crippen LogP contribution in [0.15, 0.2) is 24.3 Å². The number of ether oxygens (including phenoxy) is 1. The molecule has 1 aromatic rings. The summed E-state index contributed by atoms with van der Waals surface area (Å²) in [5, 5.41) is 13.0. The molecule has 1 amide bonds. The van der Waals surface area contributed by atoms with Gasteiger partial charge in [-0.25, -0.2) is 0 Å². The van der Waals surface area contributed by atoms with E-state index in [0.717, 1.165) is 31.9 Å². The van der Waals surface area contributed by atoms with Gasteiger partial charge in [0.2, 0.25) is 5.91 Å². The first-order chi connectivity index (χ1) is 11.6. The monoisotopic (exact) mass is 335 g/mol. The molecule has 1 atom stereocenters. The van der Waals surface area contributed by atoms with Crippen LogP contribution in [0.1, 0.15) is 12.5 Å². The van der Waals surface area contributed by atoms with Crippen LogP contribution >= 0.6 is 0 Å². The Labute approximate surface area is 144 Å². The first kappa shape index (κ1) is 18.7. The van der Waals surface area contributed by atoms with Gasteiger partial charge in [0.1, 0.15) is 18.5 Å². The first-order valence-corrected chi connectivity index (χ1v) is 8.65. The number of hydrogen-bond acceptors (Lipinski definition) is 5. The third-order valence-electron chi connectivity index (χ3n) is 4.14. The molecule has 0 spiro atoms. The van der Waals surface area contributed by atoms with Crippen molar-refractivity contribution in [2.75, 3.05) is 52.4 Å². The average Bonchev–Trinajstić information content (AvgIpc) is 2.56. The zero-order valence-electron chi connectivity index (χ0n) is 14.7. The molecule has 1 aliphatic heterocycles. The fourth-order valence-corrected chi connectivity index (χ4v) is 2.76. The maximum Gasteiger partial charge on any atom is 0.234 e. The average molecular weight is 335 g/mol. The molecule has 134 valence electrons. The van der Waals surface area contributed by atoms with Gasteiger partial charge >= 0.3 is 0 Å². The third-order valence-corrected chi connectivity index (χ3v) is 4.14. The topological polar surface area (TPSA) is 65.0 Å². The van der Waals surface area contributed by atoms with E-state index in [0.29, 0.717) is 26.2 Å². The van der Waals surface area contributed by atoms with E-state index in [-0.39, 0.29) is 5.91 Å². The molecule has 1 fully saturated rings. The Morgan fingerprint density at radius 1 is 1.21 bits per heavy atom. The van der Waals surface area contributed by atoms with Crippen LogP contribution in [-0.4, -0.2) is 79.3 Å². The van der Waals surface area contributed by atoms with Crippen molar-refractivity contribution >= 4 is 5.91 Å². The quantitative estimate of drug-likeness (QED) is 0.724. The minimum absolute atomic E-state index is 0.0810. The molecule has 2 N–H and O–H groups in total. The van der Waals surface area contributed by atoms with Crippen LogP contribution < -0.4 is 10.1 Å². The van der Waals surface area contributed by atoms with Gasteiger partial charge in [0.25, 0.3) is 0 Å². The molecule has 0 aliphatic carbocycles. The summed E-state index contributed by atoms with van der Waals surface area (Å²) in [4.78, 5) is 16.0. The predicted octanol–water partition coefficient (Wildman–Crippen LogP) is 0.488. The highest BCUT2D eigenvalue weighted by molar-refractivity contribution is 5.77. The van der Waals surface area contributed by atoms with E-state index in [9.17, 15) is 9.90 Å². The largest absolute Gasteiger partial charge is 0.491 e. The number of piperazine rings is 1. The lowest BCUT2D eigenvalue weighted by atomic mass is 10.2. The molecule has 0 saturated carbocycles. The number of carbonyl (C=O) groups excluding carboxylic acids is 1. The second-order valence-corrected chi connectivity index (χ2v) is 6.31. The summed E-state index contributed by atoms with van der Waals surface area (Å²) in [6.45, 7) is 9.41. The van der Waals surface area contributed by atoms with E-state index >= 15 is 0 Å². The van der Waals surface area contributed by atoms with Crippen LogP contribution in [0.25, 0.3) is 0 Å². The van der Waals surface area contributed by atoms with Crippen LogP contribution in [0.3, 0.4) is 0 Å². The van der Waals surface area contributed by atoms with Gasteiger partial charge in [-0.2, -0.15) is 0 Å². The number of nitrogens with one attached hydrogen (secondary N) is 1. The number of rotatable bonds is 8. The van der Waals surface area contributed by atoms with Crippen LogP contribution in [0.4, 0.5) is 0 Å². The van der Waals surface area contributed by atoms with Crippen molar-refractivity contribution in [2.24, 2.45) is 0 Å². The normalized spacial score (nSPS) is 17.5. The number of aryl methyl sites for hydroxylation is 1. The van der Waals surface area contributed by atoms with Gasteiger partial charge < -0.3 is 15.2 Å². The summed E-state index contributed by atoms with van der Waals surface area (Å²) < 4.78 is 5.62. The van der Waals surface area contributed by atoms with E-state index in [2.05, 4.69) is 15.1 Å². The van der Waals surface area contributed by atoms with E-state index in [1.807, 2.05) is 38.1 Å². The molecular formula is C18H29N3O3. The highest BCUT2D eigenvalue weighted by atomic mass is 16.5. The molecule has 1 aliphatic rings. The number of aliphatic hydroxyl groups excluding tert-OH is 1. The third kappa shape index (κ3) is 6.47. The smallest absolute Gasteiger partial charge is 0.234 e. The van der Waals surface area contributed by atoms with Gasteiger partial charge in [0.15, 0.2) is 0 Å². The highest BCUT2D eigenvalue weighted by Crippen LogP contribution is 2.12. The number of benzene rings is 1. The zero-order valence-corrected chi connectivity index (χ0v) is 14.7. The summed E-state index contributed by atoms with van der Waals surface area (Å²) in [5.41, 5.74) is 1.19. The van der Waals surface area contributed by atoms with E-state index < -0.39 is 6.10 Å². The molecule has 0 aromatic heterocycles. The van der Waals surface area contributed by atoms with Gasteiger partial charge in [0, 0.05) is 39.3 Å². The van der Waals surface area contributed by atoms with Crippen LogP contribution in [0.5, 0.6) is 5.75 Å². The Morgan fingerprint density at radius 2 is 1.83 bits per heavy atom. The van der Waals surface area contributed by atoms with Crippen LogP contribution in [-0.2, 0) is 4.79 Å². The number of β-amino-alcohol motifs (C(OH)–C–C–N with tert-alkyl or cyclic N) is 1. The molecule has 0 radical (unpaired) electrons. The molecule has 1 saturated heterocycles. The van der Waals surface area contributed by atoms with Crippen molar-refractivity contribution in [3.05, 3.63) is 29.8 Å². The van der Waals surface area contributed by atoms with E-state index in [1.165, 1.54) is 5.56 Å². The Kier molecular flexibility index (Phi) is 7.49. The van der Waals surface area contributed by atoms with E-state index in [4.69, 9.17) is 4.74 Å². The van der Waals surface area contributed by atoms with Gasteiger partial charge in [0.05, 0.1) is 6.54 Å². The maximum absolute atomic E-state index is 11.6. The molecule has 24 heavy (non-hydrogen) atoms. The van der Waals surface area contributed by atoms with Crippen molar-refractivity contribution in [2.45, 2.75) is 20.0 Å². The number of carbonyl (C=O) groups is 1. The number of nitrogens with zero attached hydrogens (tertiary/aromatic N) is 2. The van der Waals surface area contributed by atoms with Gasteiger partial charge in [-0.3, -0.25) is 14.6 Å². The van der Waals surface area contributed by atoms with Crippen molar-refractivity contribution in [3.8, 4) is 5.75 Å². The first-order valence-electron chi connectivity index (χ1n) is 8.65. The Morgan fingerprint density at radius 3 is 2.46 bits per heavy atom. The summed E-state index contributed by atoms with van der Waals surface area (Å²) >= 11 is 0. The summed E-state index contributed by atoms with van der Waals surface area (Å²) in [6, 6.07) is 7.83.